The molecule has 0 aromatic heterocycles. The number of unbranched alkanes of at least 4 members (excludes halogenated alkanes) is 1. The van der Waals surface area contributed by atoms with Crippen LogP contribution in [0.3, 0.4) is 0 Å². The van der Waals surface area contributed by atoms with Crippen LogP contribution in [0.1, 0.15) is 77.3 Å². The Balaban J connectivity index is 2.04. The molecule has 2 rings (SSSR count). The van der Waals surface area contributed by atoms with E-state index in [-0.39, 0.29) is 31.5 Å². The second kappa shape index (κ2) is 15.1. The molecule has 2 aromatic carbocycles. The van der Waals surface area contributed by atoms with Crippen molar-refractivity contribution in [2.24, 2.45) is 11.8 Å². The highest BCUT2D eigenvalue weighted by Gasteiger charge is 2.29. The molecule has 0 radical (unpaired) electrons. The maximum Gasteiger partial charge on any atom is 0.309 e. The van der Waals surface area contributed by atoms with E-state index in [9.17, 15) is 14.4 Å². The number of esters is 3. The third kappa shape index (κ3) is 11.5. The second-order valence-electron chi connectivity index (χ2n) is 10.1. The quantitative estimate of drug-likeness (QED) is 0.222. The predicted octanol–water partition coefficient (Wildman–Crippen LogP) is 6.41. The number of rotatable bonds is 14. The Labute approximate surface area is 215 Å². The number of carbonyl (C=O) groups excluding carboxylic acids is 3. The number of hydrogen-bond donors (Lipinski definition) is 0. The van der Waals surface area contributed by atoms with Crippen molar-refractivity contribution >= 4 is 17.9 Å². The maximum absolute atomic E-state index is 13.0. The van der Waals surface area contributed by atoms with Gasteiger partial charge in [-0.3, -0.25) is 14.4 Å². The van der Waals surface area contributed by atoms with Crippen molar-refractivity contribution in [2.45, 2.75) is 85.0 Å². The van der Waals surface area contributed by atoms with Gasteiger partial charge in [0.15, 0.2) is 0 Å². The minimum Gasteiger partial charge on any atom is -0.461 e. The third-order valence-electron chi connectivity index (χ3n) is 5.72. The van der Waals surface area contributed by atoms with Gasteiger partial charge >= 0.3 is 17.9 Å². The second-order valence-corrected chi connectivity index (χ2v) is 10.1. The summed E-state index contributed by atoms with van der Waals surface area (Å²) in [6, 6.07) is 18.8. The molecule has 2 unspecified atom stereocenters. The van der Waals surface area contributed by atoms with Crippen molar-refractivity contribution in [1.82, 2.24) is 0 Å². The Kier molecular flexibility index (Phi) is 12.2. The molecule has 0 saturated heterocycles. The molecule has 0 N–H and O–H groups in total. The molecule has 6 nitrogen and oxygen atoms in total. The zero-order chi connectivity index (χ0) is 26.4. The standard InChI is InChI=1S/C30H40O6/c1-5-6-17-25(29(33)36-30(2,3)4)18-19-26(28(32)35-22-24-15-11-8-12-16-24)20-27(31)34-21-23-13-9-7-10-14-23/h7-16,25-26H,5-6,17-22H2,1-4H3. The molecule has 0 amide bonds. The van der Waals surface area contributed by atoms with Crippen molar-refractivity contribution in [1.29, 1.82) is 0 Å². The summed E-state index contributed by atoms with van der Waals surface area (Å²) in [6.07, 6.45) is 3.18. The lowest BCUT2D eigenvalue weighted by Crippen LogP contribution is -2.30. The van der Waals surface area contributed by atoms with Gasteiger partial charge in [-0.15, -0.1) is 0 Å². The fourth-order valence-corrected chi connectivity index (χ4v) is 3.77. The SMILES string of the molecule is CCCCC(CCC(CC(=O)OCc1ccccc1)C(=O)OCc1ccccc1)C(=O)OC(C)(C)C. The Bertz CT molecular complexity index is 933. The molecule has 196 valence electrons. The van der Waals surface area contributed by atoms with Crippen molar-refractivity contribution < 1.29 is 28.6 Å². The Morgan fingerprint density at radius 3 is 1.78 bits per heavy atom. The molecule has 0 fully saturated rings. The van der Waals surface area contributed by atoms with Crippen LogP contribution >= 0.6 is 0 Å². The van der Waals surface area contributed by atoms with E-state index in [4.69, 9.17) is 14.2 Å². The number of benzene rings is 2. The highest BCUT2D eigenvalue weighted by molar-refractivity contribution is 5.80. The Morgan fingerprint density at radius 1 is 0.722 bits per heavy atom. The zero-order valence-corrected chi connectivity index (χ0v) is 22.0. The largest absolute Gasteiger partial charge is 0.461 e. The first-order valence-corrected chi connectivity index (χ1v) is 12.8. The molecule has 0 aliphatic heterocycles. The van der Waals surface area contributed by atoms with Gasteiger partial charge in [0.25, 0.3) is 0 Å². The summed E-state index contributed by atoms with van der Waals surface area (Å²) >= 11 is 0. The van der Waals surface area contributed by atoms with Crippen molar-refractivity contribution in [3.05, 3.63) is 71.8 Å². The van der Waals surface area contributed by atoms with E-state index < -0.39 is 23.5 Å². The Hall–Kier alpha value is -3.15. The predicted molar refractivity (Wildman–Crippen MR) is 139 cm³/mol. The van der Waals surface area contributed by atoms with Gasteiger partial charge in [0.1, 0.15) is 18.8 Å². The smallest absolute Gasteiger partial charge is 0.309 e. The summed E-state index contributed by atoms with van der Waals surface area (Å²) in [7, 11) is 0. The van der Waals surface area contributed by atoms with E-state index in [1.807, 2.05) is 81.4 Å². The van der Waals surface area contributed by atoms with Crippen molar-refractivity contribution in [3.8, 4) is 0 Å². The first-order chi connectivity index (χ1) is 17.2. The first-order valence-electron chi connectivity index (χ1n) is 12.8. The first kappa shape index (κ1) is 29.1. The van der Waals surface area contributed by atoms with Crippen LogP contribution in [0.15, 0.2) is 60.7 Å². The van der Waals surface area contributed by atoms with Crippen LogP contribution in [0.2, 0.25) is 0 Å². The van der Waals surface area contributed by atoms with E-state index in [0.717, 1.165) is 24.0 Å². The zero-order valence-electron chi connectivity index (χ0n) is 22.0. The van der Waals surface area contributed by atoms with E-state index in [0.29, 0.717) is 19.3 Å². The molecule has 2 aromatic rings. The molecule has 0 spiro atoms. The monoisotopic (exact) mass is 496 g/mol. The van der Waals surface area contributed by atoms with E-state index in [1.54, 1.807) is 0 Å². The summed E-state index contributed by atoms with van der Waals surface area (Å²) in [4.78, 5) is 38.4. The lowest BCUT2D eigenvalue weighted by Gasteiger charge is -2.25. The van der Waals surface area contributed by atoms with Gasteiger partial charge in [0.2, 0.25) is 0 Å². The normalized spacial score (nSPS) is 12.9. The van der Waals surface area contributed by atoms with Crippen LogP contribution in [0.25, 0.3) is 0 Å². The summed E-state index contributed by atoms with van der Waals surface area (Å²) < 4.78 is 16.6. The van der Waals surface area contributed by atoms with Crippen molar-refractivity contribution in [2.75, 3.05) is 0 Å². The minimum atomic E-state index is -0.705. The van der Waals surface area contributed by atoms with E-state index in [1.165, 1.54) is 0 Å². The Morgan fingerprint density at radius 2 is 1.25 bits per heavy atom. The van der Waals surface area contributed by atoms with Crippen LogP contribution < -0.4 is 0 Å². The molecule has 0 saturated carbocycles. The van der Waals surface area contributed by atoms with Gasteiger partial charge in [-0.1, -0.05) is 80.4 Å². The van der Waals surface area contributed by atoms with Crippen LogP contribution in [-0.4, -0.2) is 23.5 Å². The third-order valence-corrected chi connectivity index (χ3v) is 5.72. The topological polar surface area (TPSA) is 78.9 Å². The van der Waals surface area contributed by atoms with Crippen LogP contribution in [0.4, 0.5) is 0 Å². The van der Waals surface area contributed by atoms with Gasteiger partial charge in [-0.05, 0) is 51.2 Å². The number of carbonyl (C=O) groups is 3. The molecular formula is C30H40O6. The van der Waals surface area contributed by atoms with Crippen molar-refractivity contribution in [3.63, 3.8) is 0 Å². The van der Waals surface area contributed by atoms with Gasteiger partial charge in [0, 0.05) is 0 Å². The molecule has 0 heterocycles. The summed E-state index contributed by atoms with van der Waals surface area (Å²) in [6.45, 7) is 7.86. The average molecular weight is 497 g/mol. The van der Waals surface area contributed by atoms with E-state index >= 15 is 0 Å². The highest BCUT2D eigenvalue weighted by Crippen LogP contribution is 2.25. The van der Waals surface area contributed by atoms with Crippen LogP contribution in [0, 0.1) is 11.8 Å². The average Bonchev–Trinajstić information content (AvgIpc) is 2.85. The van der Waals surface area contributed by atoms with Gasteiger partial charge in [-0.2, -0.15) is 0 Å². The molecule has 2 atom stereocenters. The maximum atomic E-state index is 13.0. The molecule has 6 heteroatoms. The molecular weight excluding hydrogens is 456 g/mol. The van der Waals surface area contributed by atoms with Gasteiger partial charge in [-0.25, -0.2) is 0 Å². The summed E-state index contributed by atoms with van der Waals surface area (Å²) in [5.74, 6) is -2.24. The van der Waals surface area contributed by atoms with Gasteiger partial charge in [0.05, 0.1) is 18.3 Å². The molecule has 36 heavy (non-hydrogen) atoms. The lowest BCUT2D eigenvalue weighted by atomic mass is 9.90. The summed E-state index contributed by atoms with van der Waals surface area (Å²) in [5, 5.41) is 0. The summed E-state index contributed by atoms with van der Waals surface area (Å²) in [5.41, 5.74) is 1.15. The number of hydrogen-bond acceptors (Lipinski definition) is 6. The highest BCUT2D eigenvalue weighted by atomic mass is 16.6. The van der Waals surface area contributed by atoms with Crippen LogP contribution in [-0.2, 0) is 41.8 Å². The molecule has 0 bridgehead atoms. The molecule has 0 aliphatic carbocycles. The molecule has 0 aliphatic rings. The fraction of sp³-hybridized carbons (Fsp3) is 0.500. The van der Waals surface area contributed by atoms with Crippen LogP contribution in [0.5, 0.6) is 0 Å². The minimum absolute atomic E-state index is 0.102. The van der Waals surface area contributed by atoms with Gasteiger partial charge < -0.3 is 14.2 Å². The fourth-order valence-electron chi connectivity index (χ4n) is 3.77. The number of ether oxygens (including phenoxy) is 3. The van der Waals surface area contributed by atoms with E-state index in [2.05, 4.69) is 6.92 Å². The lowest BCUT2D eigenvalue weighted by molar-refractivity contribution is -0.162.